The van der Waals surface area contributed by atoms with Crippen molar-refractivity contribution >= 4 is 38.9 Å². The van der Waals surface area contributed by atoms with Crippen LogP contribution in [0.1, 0.15) is 19.3 Å². The van der Waals surface area contributed by atoms with E-state index in [0.29, 0.717) is 19.3 Å². The van der Waals surface area contributed by atoms with Crippen LogP contribution in [0.25, 0.3) is 0 Å². The van der Waals surface area contributed by atoms with Crippen LogP contribution in [0.2, 0.25) is 10.0 Å². The maximum absolute atomic E-state index is 12.0. The number of hydrogen-bond donors (Lipinski definition) is 1. The zero-order chi connectivity index (χ0) is 16.0. The molecule has 0 heterocycles. The first-order chi connectivity index (χ1) is 9.81. The molecular weight excluding hydrogens is 341 g/mol. The van der Waals surface area contributed by atoms with Crippen molar-refractivity contribution in [1.29, 1.82) is 5.26 Å². The zero-order valence-electron chi connectivity index (χ0n) is 10.7. The summed E-state index contributed by atoms with van der Waals surface area (Å²) in [7, 11) is -3.98. The number of nitrogens with zero attached hydrogens (tertiary/aromatic N) is 2. The first-order valence-corrected chi connectivity index (χ1v) is 8.04. The summed E-state index contributed by atoms with van der Waals surface area (Å²) in [4.78, 5) is 9.61. The Morgan fingerprint density at radius 1 is 1.33 bits per heavy atom. The summed E-state index contributed by atoms with van der Waals surface area (Å²) in [5.74, 6) is 0. The normalized spacial score (nSPS) is 11.1. The van der Waals surface area contributed by atoms with Crippen molar-refractivity contribution in [1.82, 2.24) is 4.72 Å². The number of benzene rings is 1. The smallest absolute Gasteiger partial charge is 0.258 e. The summed E-state index contributed by atoms with van der Waals surface area (Å²) in [5, 5.41) is 18.4. The molecule has 21 heavy (non-hydrogen) atoms. The van der Waals surface area contributed by atoms with Gasteiger partial charge in [0.15, 0.2) is 0 Å². The Kier molecular flexibility index (Phi) is 6.36. The summed E-state index contributed by atoms with van der Waals surface area (Å²) in [6.07, 6.45) is 1.35. The van der Waals surface area contributed by atoms with Crippen molar-refractivity contribution in [2.24, 2.45) is 0 Å². The van der Waals surface area contributed by atoms with Crippen LogP contribution in [0.4, 0.5) is 5.69 Å². The first kappa shape index (κ1) is 17.7. The number of nitriles is 1. The van der Waals surface area contributed by atoms with E-state index in [0.717, 1.165) is 12.1 Å². The zero-order valence-corrected chi connectivity index (χ0v) is 13.0. The van der Waals surface area contributed by atoms with Gasteiger partial charge in [-0.3, -0.25) is 10.1 Å². The summed E-state index contributed by atoms with van der Waals surface area (Å²) in [5.41, 5.74) is -0.648. The van der Waals surface area contributed by atoms with Gasteiger partial charge in [-0.25, -0.2) is 13.1 Å². The van der Waals surface area contributed by atoms with Gasteiger partial charge < -0.3 is 0 Å². The molecule has 1 aromatic rings. The SMILES string of the molecule is N#CCCCCNS(=O)(=O)c1ccc(Cl)c([N+](=O)[O-])c1Cl. The minimum atomic E-state index is -3.98. The molecule has 0 aromatic heterocycles. The van der Waals surface area contributed by atoms with E-state index in [2.05, 4.69) is 4.72 Å². The first-order valence-electron chi connectivity index (χ1n) is 5.80. The minimum absolute atomic E-state index is 0.108. The molecule has 0 amide bonds. The summed E-state index contributed by atoms with van der Waals surface area (Å²) in [6.45, 7) is 0.108. The predicted molar refractivity (Wildman–Crippen MR) is 77.8 cm³/mol. The van der Waals surface area contributed by atoms with Gasteiger partial charge in [0.2, 0.25) is 10.0 Å². The van der Waals surface area contributed by atoms with Gasteiger partial charge in [-0.15, -0.1) is 0 Å². The van der Waals surface area contributed by atoms with Crippen LogP contribution in [-0.2, 0) is 10.0 Å². The van der Waals surface area contributed by atoms with Gasteiger partial charge >= 0.3 is 5.69 Å². The van der Waals surface area contributed by atoms with Crippen molar-refractivity contribution in [2.75, 3.05) is 6.54 Å². The van der Waals surface area contributed by atoms with Crippen molar-refractivity contribution in [3.05, 3.63) is 32.3 Å². The van der Waals surface area contributed by atoms with Gasteiger partial charge in [-0.1, -0.05) is 23.2 Å². The summed E-state index contributed by atoms with van der Waals surface area (Å²) in [6, 6.07) is 4.16. The molecule has 0 saturated carbocycles. The third kappa shape index (κ3) is 4.54. The molecule has 0 spiro atoms. The molecule has 0 saturated heterocycles. The molecule has 0 unspecified atom stereocenters. The van der Waals surface area contributed by atoms with Gasteiger partial charge in [0, 0.05) is 13.0 Å². The monoisotopic (exact) mass is 351 g/mol. The highest BCUT2D eigenvalue weighted by molar-refractivity contribution is 7.89. The lowest BCUT2D eigenvalue weighted by Crippen LogP contribution is -2.25. The average molecular weight is 352 g/mol. The summed E-state index contributed by atoms with van der Waals surface area (Å²) < 4.78 is 26.4. The fraction of sp³-hybridized carbons (Fsp3) is 0.364. The Balaban J connectivity index is 2.97. The van der Waals surface area contributed by atoms with Crippen LogP contribution >= 0.6 is 23.2 Å². The molecule has 0 radical (unpaired) electrons. The third-order valence-corrected chi connectivity index (χ3v) is 4.81. The number of nitro benzene ring substituents is 1. The van der Waals surface area contributed by atoms with E-state index in [1.807, 2.05) is 6.07 Å². The molecule has 0 bridgehead atoms. The van der Waals surface area contributed by atoms with Crippen molar-refractivity contribution in [2.45, 2.75) is 24.2 Å². The number of halogens is 2. The highest BCUT2D eigenvalue weighted by Crippen LogP contribution is 2.36. The average Bonchev–Trinajstić information content (AvgIpc) is 2.37. The second kappa shape index (κ2) is 7.56. The molecule has 0 fully saturated rings. The Labute approximate surface area is 131 Å². The van der Waals surface area contributed by atoms with Crippen molar-refractivity contribution in [3.63, 3.8) is 0 Å². The standard InChI is InChI=1S/C11H11Cl2N3O4S/c12-8-4-5-9(10(13)11(8)16(17)18)21(19,20)15-7-3-1-2-6-14/h4-5,15H,1-3,7H2. The fourth-order valence-electron chi connectivity index (χ4n) is 1.51. The molecule has 10 heteroatoms. The molecule has 1 N–H and O–H groups in total. The van der Waals surface area contributed by atoms with Gasteiger partial charge in [0.05, 0.1) is 11.0 Å². The van der Waals surface area contributed by atoms with E-state index in [1.165, 1.54) is 0 Å². The third-order valence-electron chi connectivity index (χ3n) is 2.51. The largest absolute Gasteiger partial charge is 0.307 e. The minimum Gasteiger partial charge on any atom is -0.258 e. The second-order valence-electron chi connectivity index (χ2n) is 3.98. The van der Waals surface area contributed by atoms with E-state index in [9.17, 15) is 18.5 Å². The molecule has 114 valence electrons. The maximum Gasteiger partial charge on any atom is 0.307 e. The number of sulfonamides is 1. The van der Waals surface area contributed by atoms with E-state index in [1.54, 1.807) is 0 Å². The maximum atomic E-state index is 12.0. The van der Waals surface area contributed by atoms with E-state index >= 15 is 0 Å². The molecule has 0 aliphatic heterocycles. The van der Waals surface area contributed by atoms with Gasteiger partial charge in [-0.05, 0) is 25.0 Å². The van der Waals surface area contributed by atoms with Crippen LogP contribution in [-0.4, -0.2) is 19.9 Å². The number of nitro groups is 1. The van der Waals surface area contributed by atoms with Gasteiger partial charge in [0.1, 0.15) is 14.9 Å². The molecule has 1 rings (SSSR count). The molecule has 1 aromatic carbocycles. The van der Waals surface area contributed by atoms with Crippen LogP contribution < -0.4 is 4.72 Å². The quantitative estimate of drug-likeness (QED) is 0.460. The fourth-order valence-corrected chi connectivity index (χ4v) is 3.47. The van der Waals surface area contributed by atoms with Crippen LogP contribution in [0, 0.1) is 21.4 Å². The lowest BCUT2D eigenvalue weighted by molar-refractivity contribution is -0.384. The van der Waals surface area contributed by atoms with E-state index in [-0.39, 0.29) is 11.6 Å². The predicted octanol–water partition coefficient (Wildman–Crippen LogP) is 2.87. The number of rotatable bonds is 7. The number of nitrogens with one attached hydrogen (secondary N) is 1. The van der Waals surface area contributed by atoms with Gasteiger partial charge in [0.25, 0.3) is 0 Å². The van der Waals surface area contributed by atoms with E-state index in [4.69, 9.17) is 28.5 Å². The van der Waals surface area contributed by atoms with Gasteiger partial charge in [-0.2, -0.15) is 5.26 Å². The Hall–Kier alpha value is -1.40. The van der Waals surface area contributed by atoms with Crippen molar-refractivity contribution < 1.29 is 13.3 Å². The highest BCUT2D eigenvalue weighted by atomic mass is 35.5. The molecule has 0 aliphatic rings. The molecule has 0 atom stereocenters. The molecule has 0 aliphatic carbocycles. The van der Waals surface area contributed by atoms with Crippen molar-refractivity contribution in [3.8, 4) is 6.07 Å². The Morgan fingerprint density at radius 2 is 2.00 bits per heavy atom. The Morgan fingerprint density at radius 3 is 2.57 bits per heavy atom. The topological polar surface area (TPSA) is 113 Å². The second-order valence-corrected chi connectivity index (χ2v) is 6.50. The van der Waals surface area contributed by atoms with Crippen LogP contribution in [0.15, 0.2) is 17.0 Å². The van der Waals surface area contributed by atoms with Crippen LogP contribution in [0.3, 0.4) is 0 Å². The lowest BCUT2D eigenvalue weighted by atomic mass is 10.2. The highest BCUT2D eigenvalue weighted by Gasteiger charge is 2.27. The number of unbranched alkanes of at least 4 members (excludes halogenated alkanes) is 2. The number of hydrogen-bond acceptors (Lipinski definition) is 5. The molecular formula is C11H11Cl2N3O4S. The lowest BCUT2D eigenvalue weighted by Gasteiger charge is -2.08. The summed E-state index contributed by atoms with van der Waals surface area (Å²) >= 11 is 11.4. The molecule has 7 nitrogen and oxygen atoms in total. The van der Waals surface area contributed by atoms with Crippen LogP contribution in [0.5, 0.6) is 0 Å². The van der Waals surface area contributed by atoms with E-state index < -0.39 is 30.6 Å². The Bertz CT molecular complexity index is 685.